The molecule has 1 aliphatic heterocycles. The molecule has 2 N–H and O–H groups in total. The molecule has 23 heavy (non-hydrogen) atoms. The van der Waals surface area contributed by atoms with E-state index < -0.39 is 0 Å². The highest BCUT2D eigenvalue weighted by Crippen LogP contribution is 2.36. The number of amides is 2. The van der Waals surface area contributed by atoms with Crippen LogP contribution in [0.25, 0.3) is 10.2 Å². The number of nitrogens with zero attached hydrogens (tertiary/aromatic N) is 2. The second kappa shape index (κ2) is 7.27. The van der Waals surface area contributed by atoms with E-state index in [9.17, 15) is 4.79 Å². The summed E-state index contributed by atoms with van der Waals surface area (Å²) in [5.74, 6) is 0. The van der Waals surface area contributed by atoms with Gasteiger partial charge in [0.05, 0.1) is 16.3 Å². The van der Waals surface area contributed by atoms with Crippen molar-refractivity contribution in [3.63, 3.8) is 0 Å². The van der Waals surface area contributed by atoms with Crippen LogP contribution >= 0.6 is 11.3 Å². The molecule has 2 aromatic rings. The predicted molar refractivity (Wildman–Crippen MR) is 92.6 cm³/mol. The Bertz CT molecular complexity index is 640. The van der Waals surface area contributed by atoms with Crippen molar-refractivity contribution in [1.29, 1.82) is 0 Å². The van der Waals surface area contributed by atoms with Crippen LogP contribution in [0.2, 0.25) is 0 Å². The molecule has 0 saturated carbocycles. The Morgan fingerprint density at radius 1 is 1.52 bits per heavy atom. The predicted octanol–water partition coefficient (Wildman–Crippen LogP) is 3.30. The minimum Gasteiger partial charge on any atom is -0.396 e. The average Bonchev–Trinajstić information content (AvgIpc) is 3.18. The summed E-state index contributed by atoms with van der Waals surface area (Å²) in [6.45, 7) is 2.92. The van der Waals surface area contributed by atoms with Gasteiger partial charge in [0.25, 0.3) is 0 Å². The lowest BCUT2D eigenvalue weighted by molar-refractivity contribution is 0.187. The van der Waals surface area contributed by atoms with Gasteiger partial charge in [-0.2, -0.15) is 0 Å². The molecule has 0 aliphatic carbocycles. The molecule has 0 spiro atoms. The molecule has 2 heterocycles. The minimum atomic E-state index is -0.0165. The SMILES string of the molecule is CC(CCCO)NC(=O)N1CCCC1c1nc2ccccc2s1. The van der Waals surface area contributed by atoms with E-state index >= 15 is 0 Å². The standard InChI is InChI=1S/C17H23N3O2S/c1-12(6-5-11-21)18-17(22)20-10-4-8-14(20)16-19-13-7-2-3-9-15(13)23-16/h2-3,7,9,12,14,21H,4-6,8,10-11H2,1H3,(H,18,22). The largest absolute Gasteiger partial charge is 0.396 e. The van der Waals surface area contributed by atoms with Gasteiger partial charge in [-0.05, 0) is 44.7 Å². The second-order valence-electron chi connectivity index (χ2n) is 6.09. The fourth-order valence-corrected chi connectivity index (χ4v) is 4.18. The van der Waals surface area contributed by atoms with Crippen LogP contribution in [-0.4, -0.2) is 40.2 Å². The van der Waals surface area contributed by atoms with Crippen molar-refractivity contribution in [2.45, 2.75) is 44.7 Å². The third kappa shape index (κ3) is 3.64. The lowest BCUT2D eigenvalue weighted by Gasteiger charge is -2.25. The molecule has 1 saturated heterocycles. The Labute approximate surface area is 140 Å². The Hall–Kier alpha value is -1.66. The summed E-state index contributed by atoms with van der Waals surface area (Å²) >= 11 is 1.68. The Balaban J connectivity index is 1.70. The van der Waals surface area contributed by atoms with Crippen molar-refractivity contribution in [3.8, 4) is 0 Å². The summed E-state index contributed by atoms with van der Waals surface area (Å²) in [5.41, 5.74) is 1.01. The highest BCUT2D eigenvalue weighted by Gasteiger charge is 2.32. The number of nitrogens with one attached hydrogen (secondary N) is 1. The molecule has 0 radical (unpaired) electrons. The van der Waals surface area contributed by atoms with E-state index in [1.807, 2.05) is 30.0 Å². The highest BCUT2D eigenvalue weighted by atomic mass is 32.1. The Kier molecular flexibility index (Phi) is 5.13. The van der Waals surface area contributed by atoms with Crippen molar-refractivity contribution >= 4 is 27.6 Å². The van der Waals surface area contributed by atoms with Crippen molar-refractivity contribution in [2.75, 3.05) is 13.2 Å². The van der Waals surface area contributed by atoms with Crippen molar-refractivity contribution in [1.82, 2.24) is 15.2 Å². The van der Waals surface area contributed by atoms with Crippen LogP contribution in [0.3, 0.4) is 0 Å². The van der Waals surface area contributed by atoms with Crippen LogP contribution in [0.15, 0.2) is 24.3 Å². The molecular formula is C17H23N3O2S. The molecule has 0 bridgehead atoms. The number of likely N-dealkylation sites (tertiary alicyclic amines) is 1. The lowest BCUT2D eigenvalue weighted by Crippen LogP contribution is -2.43. The molecule has 2 unspecified atom stereocenters. The van der Waals surface area contributed by atoms with E-state index in [-0.39, 0.29) is 24.7 Å². The van der Waals surface area contributed by atoms with Gasteiger partial charge in [0.15, 0.2) is 0 Å². The third-order valence-electron chi connectivity index (χ3n) is 4.27. The third-order valence-corrected chi connectivity index (χ3v) is 5.41. The summed E-state index contributed by atoms with van der Waals surface area (Å²) in [4.78, 5) is 19.2. The van der Waals surface area contributed by atoms with Crippen LogP contribution in [0.5, 0.6) is 0 Å². The number of hydrogen-bond donors (Lipinski definition) is 2. The number of urea groups is 1. The van der Waals surface area contributed by atoms with Crippen molar-refractivity contribution in [3.05, 3.63) is 29.3 Å². The number of fused-ring (bicyclic) bond motifs is 1. The number of aliphatic hydroxyl groups is 1. The summed E-state index contributed by atoms with van der Waals surface area (Å²) < 4.78 is 1.17. The first-order chi connectivity index (χ1) is 11.2. The minimum absolute atomic E-state index is 0.0165. The maximum atomic E-state index is 12.5. The number of rotatable bonds is 5. The normalized spacial score (nSPS) is 19.2. The second-order valence-corrected chi connectivity index (χ2v) is 7.15. The van der Waals surface area contributed by atoms with Gasteiger partial charge >= 0.3 is 6.03 Å². The first kappa shape index (κ1) is 16.2. The lowest BCUT2D eigenvalue weighted by atomic mass is 10.2. The van der Waals surface area contributed by atoms with Crippen LogP contribution in [0, 0.1) is 0 Å². The maximum absolute atomic E-state index is 12.5. The molecule has 2 amide bonds. The van der Waals surface area contributed by atoms with Crippen LogP contribution in [0.4, 0.5) is 4.79 Å². The average molecular weight is 333 g/mol. The zero-order valence-corrected chi connectivity index (χ0v) is 14.2. The number of thiazole rings is 1. The van der Waals surface area contributed by atoms with E-state index in [1.165, 1.54) is 4.70 Å². The Morgan fingerprint density at radius 3 is 3.13 bits per heavy atom. The summed E-state index contributed by atoms with van der Waals surface area (Å²) in [6, 6.07) is 8.25. The maximum Gasteiger partial charge on any atom is 0.318 e. The molecule has 1 aromatic heterocycles. The molecule has 3 rings (SSSR count). The number of para-hydroxylation sites is 1. The number of aliphatic hydroxyl groups excluding tert-OH is 1. The van der Waals surface area contributed by atoms with Gasteiger partial charge in [0.2, 0.25) is 0 Å². The number of carbonyl (C=O) groups is 1. The van der Waals surface area contributed by atoms with E-state index in [2.05, 4.69) is 11.4 Å². The molecular weight excluding hydrogens is 310 g/mol. The van der Waals surface area contributed by atoms with Crippen LogP contribution in [-0.2, 0) is 0 Å². The number of benzene rings is 1. The summed E-state index contributed by atoms with van der Waals surface area (Å²) in [7, 11) is 0. The monoisotopic (exact) mass is 333 g/mol. The van der Waals surface area contributed by atoms with E-state index in [1.54, 1.807) is 11.3 Å². The molecule has 1 aliphatic rings. The molecule has 1 fully saturated rings. The molecule has 1 aromatic carbocycles. The van der Waals surface area contributed by atoms with Gasteiger partial charge < -0.3 is 15.3 Å². The van der Waals surface area contributed by atoms with Crippen molar-refractivity contribution in [2.24, 2.45) is 0 Å². The van der Waals surface area contributed by atoms with Gasteiger partial charge in [-0.15, -0.1) is 11.3 Å². The fourth-order valence-electron chi connectivity index (χ4n) is 3.06. The molecule has 2 atom stereocenters. The van der Waals surface area contributed by atoms with Gasteiger partial charge in [-0.3, -0.25) is 0 Å². The molecule has 5 nitrogen and oxygen atoms in total. The smallest absolute Gasteiger partial charge is 0.318 e. The fraction of sp³-hybridized carbons (Fsp3) is 0.529. The zero-order valence-electron chi connectivity index (χ0n) is 13.4. The molecule has 124 valence electrons. The van der Waals surface area contributed by atoms with Gasteiger partial charge in [0.1, 0.15) is 5.01 Å². The summed E-state index contributed by atoms with van der Waals surface area (Å²) in [5, 5.41) is 13.0. The number of aromatic nitrogens is 1. The van der Waals surface area contributed by atoms with Crippen LogP contribution in [0.1, 0.15) is 43.7 Å². The first-order valence-corrected chi connectivity index (χ1v) is 9.04. The highest BCUT2D eigenvalue weighted by molar-refractivity contribution is 7.18. The summed E-state index contributed by atoms with van der Waals surface area (Å²) in [6.07, 6.45) is 3.49. The first-order valence-electron chi connectivity index (χ1n) is 8.22. The van der Waals surface area contributed by atoms with Gasteiger partial charge in [-0.25, -0.2) is 9.78 Å². The topological polar surface area (TPSA) is 65.5 Å². The zero-order chi connectivity index (χ0) is 16.2. The van der Waals surface area contributed by atoms with E-state index in [4.69, 9.17) is 10.1 Å². The Morgan fingerprint density at radius 2 is 2.35 bits per heavy atom. The van der Waals surface area contributed by atoms with E-state index in [0.29, 0.717) is 6.42 Å². The molecule has 6 heteroatoms. The quantitative estimate of drug-likeness (QED) is 0.882. The number of carbonyl (C=O) groups excluding carboxylic acids is 1. The number of hydrogen-bond acceptors (Lipinski definition) is 4. The van der Waals surface area contributed by atoms with Gasteiger partial charge in [0, 0.05) is 19.2 Å². The van der Waals surface area contributed by atoms with E-state index in [0.717, 1.165) is 36.3 Å². The van der Waals surface area contributed by atoms with Crippen LogP contribution < -0.4 is 5.32 Å². The van der Waals surface area contributed by atoms with Gasteiger partial charge in [-0.1, -0.05) is 12.1 Å². The van der Waals surface area contributed by atoms with Crippen molar-refractivity contribution < 1.29 is 9.90 Å².